The Morgan fingerprint density at radius 1 is 1.16 bits per heavy atom. The number of aromatic nitrogens is 5. The van der Waals surface area contributed by atoms with Gasteiger partial charge in [0.05, 0.1) is 35.6 Å². The average molecular weight is 682 g/mol. The van der Waals surface area contributed by atoms with Crippen molar-refractivity contribution in [1.29, 1.82) is 5.26 Å². The normalized spacial score (nSPS) is 26.1. The number of thiazole rings is 1. The number of halogens is 1. The van der Waals surface area contributed by atoms with Gasteiger partial charge in [-0.25, -0.2) is 9.37 Å². The predicted molar refractivity (Wildman–Crippen MR) is 183 cm³/mol. The summed E-state index contributed by atoms with van der Waals surface area (Å²) in [5.74, 6) is 0.802. The first-order valence-corrected chi connectivity index (χ1v) is 18.3. The highest BCUT2D eigenvalue weighted by molar-refractivity contribution is 7.13. The SMILES string of the molecule is Cc1csc(-c2cc3n(n2)CCCN(c2nc(OC[C@@]45CCCN4C[C@H](F)C5)nc4c2CO[C@@]2(CCCc5ccc(N)c(C#N)c52)C4)C3)n1. The van der Waals surface area contributed by atoms with Gasteiger partial charge in [-0.15, -0.1) is 11.3 Å². The van der Waals surface area contributed by atoms with E-state index >= 15 is 0 Å². The molecule has 1 aliphatic carbocycles. The molecule has 13 heteroatoms. The number of nitrogens with two attached hydrogens (primary N) is 1. The lowest BCUT2D eigenvalue weighted by molar-refractivity contribution is -0.0857. The number of fused-ring (bicyclic) bond motifs is 5. The number of ether oxygens (including phenoxy) is 2. The highest BCUT2D eigenvalue weighted by atomic mass is 32.1. The highest BCUT2D eigenvalue weighted by Crippen LogP contribution is 2.48. The molecule has 0 saturated carbocycles. The molecule has 9 rings (SSSR count). The Bertz CT molecular complexity index is 1990. The van der Waals surface area contributed by atoms with Gasteiger partial charge in [-0.3, -0.25) is 9.58 Å². The van der Waals surface area contributed by atoms with Crippen LogP contribution in [-0.4, -0.2) is 67.6 Å². The minimum atomic E-state index is -0.839. The van der Waals surface area contributed by atoms with E-state index in [-0.39, 0.29) is 5.54 Å². The summed E-state index contributed by atoms with van der Waals surface area (Å²) in [4.78, 5) is 19.4. The van der Waals surface area contributed by atoms with Crippen molar-refractivity contribution < 1.29 is 13.9 Å². The maximum Gasteiger partial charge on any atom is 0.318 e. The molecule has 1 spiro atoms. The summed E-state index contributed by atoms with van der Waals surface area (Å²) < 4.78 is 30.1. The first-order valence-electron chi connectivity index (χ1n) is 17.4. The van der Waals surface area contributed by atoms with Crippen molar-refractivity contribution in [1.82, 2.24) is 29.6 Å². The zero-order valence-electron chi connectivity index (χ0n) is 27.8. The Morgan fingerprint density at radius 3 is 2.94 bits per heavy atom. The topological polar surface area (TPSA) is 131 Å². The zero-order valence-corrected chi connectivity index (χ0v) is 28.6. The molecular weight excluding hydrogens is 642 g/mol. The zero-order chi connectivity index (χ0) is 33.3. The third-order valence-corrected chi connectivity index (χ3v) is 12.3. The van der Waals surface area contributed by atoms with Crippen LogP contribution in [0.1, 0.15) is 77.9 Å². The Morgan fingerprint density at radius 2 is 2.08 bits per heavy atom. The van der Waals surface area contributed by atoms with E-state index in [0.717, 1.165) is 108 Å². The van der Waals surface area contributed by atoms with Crippen molar-refractivity contribution in [2.75, 3.05) is 36.9 Å². The number of anilines is 2. The predicted octanol–water partition coefficient (Wildman–Crippen LogP) is 5.23. The van der Waals surface area contributed by atoms with Crippen LogP contribution in [-0.2, 0) is 42.9 Å². The maximum absolute atomic E-state index is 14.6. The lowest BCUT2D eigenvalue weighted by atomic mass is 9.72. The monoisotopic (exact) mass is 681 g/mol. The third-order valence-electron chi connectivity index (χ3n) is 11.3. The summed E-state index contributed by atoms with van der Waals surface area (Å²) in [5.41, 5.74) is 13.1. The number of nitriles is 1. The first-order chi connectivity index (χ1) is 23.8. The van der Waals surface area contributed by atoms with E-state index < -0.39 is 11.8 Å². The summed E-state index contributed by atoms with van der Waals surface area (Å²) in [6.45, 7) is 6.22. The molecule has 0 unspecified atom stereocenters. The second-order valence-corrected chi connectivity index (χ2v) is 15.3. The van der Waals surface area contributed by atoms with Gasteiger partial charge in [-0.1, -0.05) is 6.07 Å². The van der Waals surface area contributed by atoms with Crippen molar-refractivity contribution in [3.8, 4) is 22.8 Å². The van der Waals surface area contributed by atoms with E-state index in [0.29, 0.717) is 56.4 Å². The highest BCUT2D eigenvalue weighted by Gasteiger charge is 2.50. The lowest BCUT2D eigenvalue weighted by Gasteiger charge is -2.43. The minimum absolute atomic E-state index is 0.310. The Balaban J connectivity index is 1.10. The molecule has 4 aromatic rings. The Kier molecular flexibility index (Phi) is 7.41. The molecule has 3 atom stereocenters. The van der Waals surface area contributed by atoms with Gasteiger partial charge in [-0.2, -0.15) is 20.3 Å². The van der Waals surface area contributed by atoms with Crippen LogP contribution in [0.2, 0.25) is 0 Å². The molecule has 2 fully saturated rings. The van der Waals surface area contributed by atoms with Crippen LogP contribution in [0.25, 0.3) is 10.7 Å². The number of alkyl halides is 1. The maximum atomic E-state index is 14.6. The molecule has 0 bridgehead atoms. The van der Waals surface area contributed by atoms with E-state index in [9.17, 15) is 9.65 Å². The lowest BCUT2D eigenvalue weighted by Crippen LogP contribution is -2.44. The number of nitrogens with zero attached hydrogens (tertiary/aromatic N) is 8. The van der Waals surface area contributed by atoms with Crippen molar-refractivity contribution >= 4 is 22.8 Å². The molecule has 3 aromatic heterocycles. The molecule has 2 saturated heterocycles. The molecular formula is C36H40FN9O2S. The van der Waals surface area contributed by atoms with Crippen molar-refractivity contribution in [2.45, 2.75) is 95.3 Å². The van der Waals surface area contributed by atoms with Gasteiger partial charge < -0.3 is 20.1 Å². The second kappa shape index (κ2) is 11.7. The number of rotatable bonds is 5. The van der Waals surface area contributed by atoms with Crippen LogP contribution in [0.4, 0.5) is 15.9 Å². The van der Waals surface area contributed by atoms with Crippen LogP contribution in [0.15, 0.2) is 23.6 Å². The summed E-state index contributed by atoms with van der Waals surface area (Å²) in [5, 5.41) is 18.1. The number of hydrogen-bond acceptors (Lipinski definition) is 11. The quantitative estimate of drug-likeness (QED) is 0.280. The van der Waals surface area contributed by atoms with Gasteiger partial charge in [0.25, 0.3) is 0 Å². The summed E-state index contributed by atoms with van der Waals surface area (Å²) in [6, 6.07) is 8.71. The van der Waals surface area contributed by atoms with E-state index in [1.807, 2.05) is 19.1 Å². The molecule has 254 valence electrons. The van der Waals surface area contributed by atoms with Crippen LogP contribution in [0.5, 0.6) is 6.01 Å². The Hall–Kier alpha value is -4.12. The minimum Gasteiger partial charge on any atom is -0.461 e. The number of hydrogen-bond donors (Lipinski definition) is 1. The van der Waals surface area contributed by atoms with E-state index in [1.165, 1.54) is 0 Å². The summed E-state index contributed by atoms with van der Waals surface area (Å²) >= 11 is 1.61. The standard InChI is InChI=1S/C36H40FN9O2S/c1-22-20-49-33(40-22)29-13-25-18-44(10-4-12-46(25)43-29)32-27-19-48-36(9-2-5-23-6-7-28(39)26(16-38)31(23)36)15-30(27)41-34(42-32)47-21-35-8-3-11-45(35)17-24(37)14-35/h6-7,13,20,24H,2-5,8-12,14-15,17-19,21,39H2,1H3/t24-,35+,36+/m1/s1. The number of benzene rings is 1. The van der Waals surface area contributed by atoms with Gasteiger partial charge in [0.2, 0.25) is 0 Å². The fraction of sp³-hybridized carbons (Fsp3) is 0.528. The molecule has 49 heavy (non-hydrogen) atoms. The van der Waals surface area contributed by atoms with Gasteiger partial charge in [-0.05, 0) is 69.7 Å². The molecule has 1 aromatic carbocycles. The van der Waals surface area contributed by atoms with Gasteiger partial charge in [0.15, 0.2) is 0 Å². The van der Waals surface area contributed by atoms with Crippen LogP contribution in [0, 0.1) is 18.3 Å². The average Bonchev–Trinajstić information content (AvgIpc) is 3.84. The largest absolute Gasteiger partial charge is 0.461 e. The molecule has 0 amide bonds. The molecule has 5 aliphatic rings. The third kappa shape index (κ3) is 5.18. The fourth-order valence-electron chi connectivity index (χ4n) is 9.04. The van der Waals surface area contributed by atoms with E-state index in [1.54, 1.807) is 11.3 Å². The van der Waals surface area contributed by atoms with E-state index in [2.05, 4.69) is 37.0 Å². The van der Waals surface area contributed by atoms with E-state index in [4.69, 9.17) is 30.3 Å². The van der Waals surface area contributed by atoms with Crippen molar-refractivity contribution in [3.63, 3.8) is 0 Å². The summed E-state index contributed by atoms with van der Waals surface area (Å²) in [6.07, 6.45) is 5.56. The molecule has 11 nitrogen and oxygen atoms in total. The van der Waals surface area contributed by atoms with Crippen LogP contribution < -0.4 is 15.4 Å². The van der Waals surface area contributed by atoms with Crippen molar-refractivity contribution in [2.24, 2.45) is 0 Å². The number of aryl methyl sites for hydroxylation is 3. The molecule has 7 heterocycles. The first kappa shape index (κ1) is 30.9. The summed E-state index contributed by atoms with van der Waals surface area (Å²) in [7, 11) is 0. The Labute approximate surface area is 288 Å². The van der Waals surface area contributed by atoms with Gasteiger partial charge >= 0.3 is 6.01 Å². The van der Waals surface area contributed by atoms with Crippen molar-refractivity contribution in [3.05, 3.63) is 62.9 Å². The second-order valence-electron chi connectivity index (χ2n) is 14.4. The molecule has 4 aliphatic heterocycles. The smallest absolute Gasteiger partial charge is 0.318 e. The van der Waals surface area contributed by atoms with Crippen LogP contribution >= 0.6 is 11.3 Å². The number of nitrogen functional groups attached to an aromatic ring is 1. The van der Waals surface area contributed by atoms with Gasteiger partial charge in [0.1, 0.15) is 41.0 Å². The molecule has 2 N–H and O–H groups in total. The van der Waals surface area contributed by atoms with Crippen LogP contribution in [0.3, 0.4) is 0 Å². The fourth-order valence-corrected chi connectivity index (χ4v) is 9.79. The van der Waals surface area contributed by atoms with Gasteiger partial charge in [0, 0.05) is 60.4 Å². The molecule has 0 radical (unpaired) electrons.